The monoisotopic (exact) mass is 679 g/mol. The third-order valence-corrected chi connectivity index (χ3v) is 8.39. The molecule has 0 unspecified atom stereocenters. The third-order valence-electron chi connectivity index (χ3n) is 8.39. The van der Waals surface area contributed by atoms with Gasteiger partial charge in [-0.1, -0.05) is 13.8 Å². The van der Waals surface area contributed by atoms with E-state index in [4.69, 9.17) is 18.9 Å². The van der Waals surface area contributed by atoms with Crippen LogP contribution in [0.1, 0.15) is 37.3 Å². The zero-order valence-corrected chi connectivity index (χ0v) is 27.3. The van der Waals surface area contributed by atoms with Crippen molar-refractivity contribution >= 4 is 34.2 Å². The van der Waals surface area contributed by atoms with Crippen LogP contribution < -0.4 is 24.0 Å². The summed E-state index contributed by atoms with van der Waals surface area (Å²) in [6, 6.07) is 10.3. The summed E-state index contributed by atoms with van der Waals surface area (Å²) in [5.41, 5.74) is 0.472. The van der Waals surface area contributed by atoms with Crippen LogP contribution in [-0.4, -0.2) is 79.9 Å². The van der Waals surface area contributed by atoms with Gasteiger partial charge in [-0.25, -0.2) is 9.69 Å². The summed E-state index contributed by atoms with van der Waals surface area (Å²) in [5, 5.41) is 0.689. The fourth-order valence-electron chi connectivity index (χ4n) is 5.81. The number of aromatic nitrogens is 2. The van der Waals surface area contributed by atoms with Crippen molar-refractivity contribution in [2.45, 2.75) is 32.4 Å². The second-order valence-corrected chi connectivity index (χ2v) is 12.0. The molecule has 0 radical (unpaired) electrons. The normalized spacial score (nSPS) is 15.8. The average molecular weight is 680 g/mol. The van der Waals surface area contributed by atoms with Crippen LogP contribution in [0.5, 0.6) is 23.0 Å². The van der Waals surface area contributed by atoms with Crippen LogP contribution >= 0.6 is 0 Å². The van der Waals surface area contributed by atoms with E-state index in [9.17, 15) is 22.8 Å². The number of amides is 3. The Hall–Kier alpha value is -4.95. The van der Waals surface area contributed by atoms with Crippen LogP contribution in [0.4, 0.5) is 29.3 Å². The molecule has 0 aliphatic carbocycles. The summed E-state index contributed by atoms with van der Waals surface area (Å²) in [6.45, 7) is 8.21. The lowest BCUT2D eigenvalue weighted by Gasteiger charge is -2.26. The molecule has 6 rings (SSSR count). The number of anilines is 2. The van der Waals surface area contributed by atoms with Gasteiger partial charge in [-0.05, 0) is 54.3 Å². The predicted molar refractivity (Wildman–Crippen MR) is 176 cm³/mol. The van der Waals surface area contributed by atoms with Crippen LogP contribution in [0.15, 0.2) is 61.1 Å². The maximum absolute atomic E-state index is 13.4. The Kier molecular flexibility index (Phi) is 9.88. The number of imide groups is 1. The second kappa shape index (κ2) is 14.3. The number of pyridine rings is 2. The first-order valence-electron chi connectivity index (χ1n) is 15.9. The number of halogens is 3. The Morgan fingerprint density at radius 2 is 1.73 bits per heavy atom. The average Bonchev–Trinajstić information content (AvgIpc) is 3.39. The van der Waals surface area contributed by atoms with Crippen LogP contribution in [0.25, 0.3) is 10.9 Å². The van der Waals surface area contributed by atoms with Gasteiger partial charge in [0.05, 0.1) is 55.6 Å². The topological polar surface area (TPSA) is 107 Å². The summed E-state index contributed by atoms with van der Waals surface area (Å²) in [7, 11) is 1.57. The van der Waals surface area contributed by atoms with Crippen LogP contribution in [0, 0.1) is 0 Å². The zero-order valence-electron chi connectivity index (χ0n) is 27.3. The minimum atomic E-state index is -4.65. The largest absolute Gasteiger partial charge is 0.493 e. The van der Waals surface area contributed by atoms with Crippen molar-refractivity contribution in [3.63, 3.8) is 0 Å². The molecule has 2 saturated heterocycles. The Labute approximate surface area is 281 Å². The molecule has 2 aliphatic heterocycles. The number of hydrogen-bond donors (Lipinski definition) is 0. The van der Waals surface area contributed by atoms with Crippen molar-refractivity contribution in [3.05, 3.63) is 72.2 Å². The number of rotatable bonds is 11. The summed E-state index contributed by atoms with van der Waals surface area (Å²) < 4.78 is 63.4. The van der Waals surface area contributed by atoms with Crippen molar-refractivity contribution < 1.29 is 41.7 Å². The minimum absolute atomic E-state index is 0.0911. The Morgan fingerprint density at radius 1 is 0.939 bits per heavy atom. The van der Waals surface area contributed by atoms with Crippen molar-refractivity contribution in [1.82, 2.24) is 14.9 Å². The van der Waals surface area contributed by atoms with Crippen LogP contribution in [0.3, 0.4) is 0 Å². The van der Waals surface area contributed by atoms with Crippen molar-refractivity contribution in [3.8, 4) is 23.0 Å². The van der Waals surface area contributed by atoms with Gasteiger partial charge in [-0.2, -0.15) is 13.2 Å². The van der Waals surface area contributed by atoms with E-state index in [0.29, 0.717) is 52.3 Å². The van der Waals surface area contributed by atoms with Gasteiger partial charge in [-0.15, -0.1) is 0 Å². The minimum Gasteiger partial charge on any atom is -0.493 e. The lowest BCUT2D eigenvalue weighted by atomic mass is 10.0. The second-order valence-electron chi connectivity index (χ2n) is 12.0. The number of hydrogen-bond acceptors (Lipinski definition) is 9. The molecule has 14 heteroatoms. The van der Waals surface area contributed by atoms with Crippen molar-refractivity contribution in [2.24, 2.45) is 0 Å². The van der Waals surface area contributed by atoms with Gasteiger partial charge in [0, 0.05) is 43.5 Å². The van der Waals surface area contributed by atoms with E-state index in [1.807, 2.05) is 26.0 Å². The molecule has 11 nitrogen and oxygen atoms in total. The van der Waals surface area contributed by atoms with E-state index in [2.05, 4.69) is 14.9 Å². The molecule has 0 atom stereocenters. The summed E-state index contributed by atoms with van der Waals surface area (Å²) in [4.78, 5) is 38.9. The molecule has 3 amide bonds. The maximum atomic E-state index is 13.4. The molecular formula is C35H36F3N5O6. The summed E-state index contributed by atoms with van der Waals surface area (Å²) in [6.07, 6.45) is -0.380. The van der Waals surface area contributed by atoms with E-state index in [1.54, 1.807) is 37.6 Å². The Morgan fingerprint density at radius 3 is 2.47 bits per heavy atom. The van der Waals surface area contributed by atoms with Gasteiger partial charge in [0.25, 0.3) is 5.91 Å². The highest BCUT2D eigenvalue weighted by atomic mass is 19.4. The van der Waals surface area contributed by atoms with Crippen molar-refractivity contribution in [1.29, 1.82) is 0 Å². The van der Waals surface area contributed by atoms with Crippen LogP contribution in [0.2, 0.25) is 0 Å². The maximum Gasteiger partial charge on any atom is 0.417 e. The molecule has 2 fully saturated rings. The summed E-state index contributed by atoms with van der Waals surface area (Å²) >= 11 is 0. The standard InChI is InChI=1S/C35H36F3N5O6/c1-22(2)26-16-24(43-33(44)21-42(34(43)45)25-15-23(19-39-20-25)35(36,37)38)5-6-29(26)49-30-7-8-40-28-18-32(31(46-3)17-27(28)30)48-12-4-9-41-10-13-47-14-11-41/h5-8,15-20,22H,4,9-14,21H2,1-3H3. The van der Waals surface area contributed by atoms with Gasteiger partial charge in [-0.3, -0.25) is 24.6 Å². The SMILES string of the molecule is COc1cc2c(Oc3ccc(N4C(=O)CN(c5cncc(C(F)(F)F)c5)C4=O)cc3C(C)C)ccnc2cc1OCCCN1CCOCC1. The number of fused-ring (bicyclic) bond motifs is 1. The molecule has 4 heterocycles. The number of carbonyl (C=O) groups excluding carboxylic acids is 2. The Bertz CT molecular complexity index is 1850. The molecule has 0 bridgehead atoms. The quantitative estimate of drug-likeness (QED) is 0.127. The molecule has 0 saturated carbocycles. The predicted octanol–water partition coefficient (Wildman–Crippen LogP) is 6.65. The fourth-order valence-corrected chi connectivity index (χ4v) is 5.81. The highest BCUT2D eigenvalue weighted by Gasteiger charge is 2.40. The number of ether oxygens (including phenoxy) is 4. The first-order valence-corrected chi connectivity index (χ1v) is 15.9. The first-order chi connectivity index (χ1) is 23.5. The summed E-state index contributed by atoms with van der Waals surface area (Å²) in [5.74, 6) is 1.43. The van der Waals surface area contributed by atoms with Gasteiger partial charge in [0.1, 0.15) is 18.0 Å². The highest BCUT2D eigenvalue weighted by Crippen LogP contribution is 2.40. The van der Waals surface area contributed by atoms with E-state index in [0.717, 1.165) is 61.3 Å². The van der Waals surface area contributed by atoms with Gasteiger partial charge < -0.3 is 18.9 Å². The number of nitrogens with zero attached hydrogens (tertiary/aromatic N) is 5. The smallest absolute Gasteiger partial charge is 0.417 e. The number of methoxy groups -OCH3 is 1. The lowest BCUT2D eigenvalue weighted by Crippen LogP contribution is -2.37. The molecular weight excluding hydrogens is 643 g/mol. The molecule has 4 aromatic rings. The van der Waals surface area contributed by atoms with E-state index < -0.39 is 30.2 Å². The number of morpholine rings is 1. The number of carbonyl (C=O) groups is 2. The van der Waals surface area contributed by atoms with Gasteiger partial charge >= 0.3 is 12.2 Å². The van der Waals surface area contributed by atoms with Crippen molar-refractivity contribution in [2.75, 3.05) is 62.9 Å². The van der Waals surface area contributed by atoms with Gasteiger partial charge in [0.2, 0.25) is 0 Å². The lowest BCUT2D eigenvalue weighted by molar-refractivity contribution is -0.137. The molecule has 0 N–H and O–H groups in total. The van der Waals surface area contributed by atoms with Gasteiger partial charge in [0.15, 0.2) is 11.5 Å². The van der Waals surface area contributed by atoms with E-state index in [-0.39, 0.29) is 17.3 Å². The molecule has 2 aliphatic rings. The number of benzene rings is 2. The highest BCUT2D eigenvalue weighted by molar-refractivity contribution is 6.27. The molecule has 258 valence electrons. The third kappa shape index (κ3) is 7.39. The first kappa shape index (κ1) is 33.9. The van der Waals surface area contributed by atoms with E-state index in [1.165, 1.54) is 0 Å². The number of urea groups is 1. The molecule has 2 aromatic carbocycles. The fraction of sp³-hybridized carbons (Fsp3) is 0.371. The molecule has 0 spiro atoms. The van der Waals surface area contributed by atoms with E-state index >= 15 is 0 Å². The number of alkyl halides is 3. The van der Waals surface area contributed by atoms with Crippen LogP contribution in [-0.2, 0) is 15.7 Å². The Balaban J connectivity index is 1.21. The molecule has 2 aromatic heterocycles. The molecule has 49 heavy (non-hydrogen) atoms. The zero-order chi connectivity index (χ0) is 34.7.